The Balaban J connectivity index is 2.30. The Bertz CT molecular complexity index is 480. The monoisotopic (exact) mass is 249 g/mol. The third-order valence-corrected chi connectivity index (χ3v) is 3.47. The molecule has 0 aliphatic rings. The van der Waals surface area contributed by atoms with Gasteiger partial charge in [-0.3, -0.25) is 4.98 Å². The molecule has 0 saturated heterocycles. The summed E-state index contributed by atoms with van der Waals surface area (Å²) in [6, 6.07) is 7.54. The summed E-state index contributed by atoms with van der Waals surface area (Å²) in [6.07, 6.45) is 2.33. The molecule has 0 aliphatic carbocycles. The molecule has 0 fully saturated rings. The highest BCUT2D eigenvalue weighted by atomic mass is 32.1. The minimum atomic E-state index is -0.945. The molecule has 90 valence electrons. The lowest BCUT2D eigenvalue weighted by Crippen LogP contribution is -2.24. The fraction of sp³-hybridized carbons (Fsp3) is 0.308. The fourth-order valence-electron chi connectivity index (χ4n) is 1.85. The summed E-state index contributed by atoms with van der Waals surface area (Å²) in [6.45, 7) is 1.80. The average molecular weight is 249 g/mol. The summed E-state index contributed by atoms with van der Waals surface area (Å²) in [5.74, 6) is 0.710. The van der Waals surface area contributed by atoms with E-state index < -0.39 is 5.60 Å². The van der Waals surface area contributed by atoms with Crippen molar-refractivity contribution in [3.8, 4) is 5.75 Å². The van der Waals surface area contributed by atoms with Crippen LogP contribution in [0, 0.1) is 0 Å². The largest absolute Gasteiger partial charge is 0.496 e. The summed E-state index contributed by atoms with van der Waals surface area (Å²) in [7, 11) is 1.61. The number of aliphatic hydroxyl groups is 1. The zero-order chi connectivity index (χ0) is 12.3. The van der Waals surface area contributed by atoms with Crippen LogP contribution in [0.5, 0.6) is 5.75 Å². The Morgan fingerprint density at radius 2 is 2.18 bits per heavy atom. The molecule has 0 aliphatic heterocycles. The van der Waals surface area contributed by atoms with Crippen molar-refractivity contribution in [2.75, 3.05) is 7.11 Å². The van der Waals surface area contributed by atoms with Crippen LogP contribution >= 0.6 is 11.3 Å². The van der Waals surface area contributed by atoms with Crippen molar-refractivity contribution in [1.82, 2.24) is 4.98 Å². The predicted molar refractivity (Wildman–Crippen MR) is 68.4 cm³/mol. The summed E-state index contributed by atoms with van der Waals surface area (Å²) >= 11 is 1.55. The van der Waals surface area contributed by atoms with E-state index in [1.54, 1.807) is 37.1 Å². The minimum absolute atomic E-state index is 0.540. The molecule has 1 aromatic carbocycles. The third kappa shape index (κ3) is 2.65. The molecule has 17 heavy (non-hydrogen) atoms. The van der Waals surface area contributed by atoms with Gasteiger partial charge in [-0.1, -0.05) is 18.2 Å². The first-order valence-electron chi connectivity index (χ1n) is 5.37. The first-order chi connectivity index (χ1) is 8.13. The quantitative estimate of drug-likeness (QED) is 0.905. The molecule has 4 heteroatoms. The second-order valence-corrected chi connectivity index (χ2v) is 5.09. The third-order valence-electron chi connectivity index (χ3n) is 2.69. The van der Waals surface area contributed by atoms with Gasteiger partial charge in [-0.25, -0.2) is 0 Å². The van der Waals surface area contributed by atoms with E-state index in [0.717, 1.165) is 10.4 Å². The van der Waals surface area contributed by atoms with Crippen LogP contribution in [0.1, 0.15) is 17.4 Å². The van der Waals surface area contributed by atoms with E-state index in [-0.39, 0.29) is 0 Å². The average Bonchev–Trinajstić information content (AvgIpc) is 2.81. The Hall–Kier alpha value is -1.39. The molecular formula is C13H15NO2S. The standard InChI is InChI=1S/C13H15NO2S/c1-13(15,7-10-8-14-9-17-10)11-5-3-4-6-12(11)16-2/h3-6,8-9,15H,7H2,1-2H3. The summed E-state index contributed by atoms with van der Waals surface area (Å²) in [5.41, 5.74) is 1.63. The molecule has 0 radical (unpaired) electrons. The molecular weight excluding hydrogens is 234 g/mol. The fourth-order valence-corrected chi connectivity index (χ4v) is 2.60. The SMILES string of the molecule is COc1ccccc1C(C)(O)Cc1cncs1. The second kappa shape index (κ2) is 4.85. The lowest BCUT2D eigenvalue weighted by atomic mass is 9.91. The molecule has 0 saturated carbocycles. The molecule has 1 unspecified atom stereocenters. The molecule has 2 aromatic rings. The maximum Gasteiger partial charge on any atom is 0.124 e. The number of methoxy groups -OCH3 is 1. The van der Waals surface area contributed by atoms with Gasteiger partial charge in [-0.2, -0.15) is 0 Å². The van der Waals surface area contributed by atoms with Crippen molar-refractivity contribution in [2.45, 2.75) is 18.9 Å². The number of rotatable bonds is 4. The molecule has 1 atom stereocenters. The van der Waals surface area contributed by atoms with E-state index in [1.807, 2.05) is 24.3 Å². The van der Waals surface area contributed by atoms with Crippen molar-refractivity contribution in [1.29, 1.82) is 0 Å². The Morgan fingerprint density at radius 1 is 1.41 bits per heavy atom. The van der Waals surface area contributed by atoms with Crippen LogP contribution in [-0.2, 0) is 12.0 Å². The van der Waals surface area contributed by atoms with Crippen LogP contribution < -0.4 is 4.74 Å². The number of thiazole rings is 1. The van der Waals surface area contributed by atoms with E-state index >= 15 is 0 Å². The van der Waals surface area contributed by atoms with Crippen LogP contribution in [0.4, 0.5) is 0 Å². The van der Waals surface area contributed by atoms with Crippen molar-refractivity contribution < 1.29 is 9.84 Å². The maximum atomic E-state index is 10.6. The first kappa shape index (κ1) is 12.1. The molecule has 0 amide bonds. The van der Waals surface area contributed by atoms with Gasteiger partial charge in [0.2, 0.25) is 0 Å². The smallest absolute Gasteiger partial charge is 0.124 e. The highest BCUT2D eigenvalue weighted by molar-refractivity contribution is 7.09. The van der Waals surface area contributed by atoms with Gasteiger partial charge < -0.3 is 9.84 Å². The van der Waals surface area contributed by atoms with Gasteiger partial charge >= 0.3 is 0 Å². The van der Waals surface area contributed by atoms with Gasteiger partial charge in [0.25, 0.3) is 0 Å². The maximum absolute atomic E-state index is 10.6. The lowest BCUT2D eigenvalue weighted by Gasteiger charge is -2.25. The Kier molecular flexibility index (Phi) is 3.45. The number of ether oxygens (including phenoxy) is 1. The van der Waals surface area contributed by atoms with E-state index in [4.69, 9.17) is 4.74 Å². The number of hydrogen-bond acceptors (Lipinski definition) is 4. The summed E-state index contributed by atoms with van der Waals surface area (Å²) in [4.78, 5) is 5.08. The number of nitrogens with zero attached hydrogens (tertiary/aromatic N) is 1. The summed E-state index contributed by atoms with van der Waals surface area (Å²) in [5, 5.41) is 10.6. The first-order valence-corrected chi connectivity index (χ1v) is 6.24. The van der Waals surface area contributed by atoms with Crippen LogP contribution in [0.3, 0.4) is 0 Å². The van der Waals surface area contributed by atoms with Crippen molar-refractivity contribution >= 4 is 11.3 Å². The molecule has 1 aromatic heterocycles. The topological polar surface area (TPSA) is 42.4 Å². The van der Waals surface area contributed by atoms with Gasteiger partial charge in [-0.15, -0.1) is 11.3 Å². The molecule has 2 rings (SSSR count). The van der Waals surface area contributed by atoms with Gasteiger partial charge in [0, 0.05) is 23.1 Å². The Labute approximate surface area is 105 Å². The zero-order valence-corrected chi connectivity index (χ0v) is 10.7. The highest BCUT2D eigenvalue weighted by Gasteiger charge is 2.27. The van der Waals surface area contributed by atoms with Gasteiger partial charge in [0.05, 0.1) is 18.2 Å². The molecule has 0 bridgehead atoms. The normalized spacial score (nSPS) is 14.3. The van der Waals surface area contributed by atoms with Crippen LogP contribution in [0.15, 0.2) is 36.0 Å². The van der Waals surface area contributed by atoms with Crippen molar-refractivity contribution in [3.05, 3.63) is 46.4 Å². The number of para-hydroxylation sites is 1. The number of benzene rings is 1. The Morgan fingerprint density at radius 3 is 2.82 bits per heavy atom. The van der Waals surface area contributed by atoms with Crippen LogP contribution in [0.2, 0.25) is 0 Å². The number of aromatic nitrogens is 1. The zero-order valence-electron chi connectivity index (χ0n) is 9.88. The second-order valence-electron chi connectivity index (χ2n) is 4.12. The van der Waals surface area contributed by atoms with E-state index in [1.165, 1.54) is 0 Å². The molecule has 1 heterocycles. The summed E-state index contributed by atoms with van der Waals surface area (Å²) < 4.78 is 5.28. The highest BCUT2D eigenvalue weighted by Crippen LogP contribution is 2.32. The van der Waals surface area contributed by atoms with Gasteiger partial charge in [0.15, 0.2) is 0 Å². The molecule has 1 N–H and O–H groups in total. The number of hydrogen-bond donors (Lipinski definition) is 1. The molecule has 3 nitrogen and oxygen atoms in total. The van der Waals surface area contributed by atoms with Crippen LogP contribution in [-0.4, -0.2) is 17.2 Å². The van der Waals surface area contributed by atoms with E-state index in [9.17, 15) is 5.11 Å². The molecule has 0 spiro atoms. The van der Waals surface area contributed by atoms with Gasteiger partial charge in [-0.05, 0) is 13.0 Å². The van der Waals surface area contributed by atoms with Crippen molar-refractivity contribution in [3.63, 3.8) is 0 Å². The lowest BCUT2D eigenvalue weighted by molar-refractivity contribution is 0.0557. The van der Waals surface area contributed by atoms with E-state index in [2.05, 4.69) is 4.98 Å². The van der Waals surface area contributed by atoms with Crippen LogP contribution in [0.25, 0.3) is 0 Å². The van der Waals surface area contributed by atoms with Crippen molar-refractivity contribution in [2.24, 2.45) is 0 Å². The minimum Gasteiger partial charge on any atom is -0.496 e. The van der Waals surface area contributed by atoms with E-state index in [0.29, 0.717) is 12.2 Å². The predicted octanol–water partition coefficient (Wildman–Crippen LogP) is 2.60. The van der Waals surface area contributed by atoms with Gasteiger partial charge in [0.1, 0.15) is 5.75 Å².